The second kappa shape index (κ2) is 14.5. The standard InChI is InChI=1S/C30H39F3N4O5S/c1-42-24-13-11-22(12-14-24)20-26(28(38)34-15-19-36-16-4-2-5-17-36)35-29(39)27-10-3-6-18-37(27)43(40,41)25-9-7-8-23(21-25)30(31,32)33/h7-9,11-14,21,26-27H,2-6,10,15-20H2,1H3,(H,34,38)(H,35,39)/t26-,27-/m0/s1. The topological polar surface area (TPSA) is 108 Å². The predicted octanol–water partition coefficient (Wildman–Crippen LogP) is 3.59. The third-order valence-electron chi connectivity index (χ3n) is 7.93. The van der Waals surface area contributed by atoms with Crippen LogP contribution in [-0.4, -0.2) is 81.4 Å². The number of likely N-dealkylation sites (tertiary alicyclic amines) is 1. The third kappa shape index (κ3) is 8.70. The van der Waals surface area contributed by atoms with Gasteiger partial charge in [-0.25, -0.2) is 8.42 Å². The van der Waals surface area contributed by atoms with E-state index in [-0.39, 0.29) is 19.4 Å². The molecule has 236 valence electrons. The van der Waals surface area contributed by atoms with E-state index in [1.807, 2.05) is 0 Å². The Bertz CT molecular complexity index is 1350. The molecule has 0 aliphatic carbocycles. The molecule has 2 atom stereocenters. The van der Waals surface area contributed by atoms with E-state index >= 15 is 0 Å². The molecular formula is C30H39F3N4O5S. The molecule has 0 bridgehead atoms. The molecule has 2 aliphatic rings. The maximum atomic E-state index is 13.6. The van der Waals surface area contributed by atoms with E-state index in [2.05, 4.69) is 15.5 Å². The van der Waals surface area contributed by atoms with E-state index in [0.29, 0.717) is 37.7 Å². The molecule has 2 saturated heterocycles. The van der Waals surface area contributed by atoms with Gasteiger partial charge in [-0.2, -0.15) is 17.5 Å². The van der Waals surface area contributed by atoms with Gasteiger partial charge in [0.25, 0.3) is 0 Å². The Labute approximate surface area is 250 Å². The molecule has 2 fully saturated rings. The quantitative estimate of drug-likeness (QED) is 0.396. The normalized spacial score (nSPS) is 19.4. The van der Waals surface area contributed by atoms with E-state index in [1.54, 1.807) is 24.3 Å². The Kier molecular flexibility index (Phi) is 11.1. The number of carbonyl (C=O) groups excluding carboxylic acids is 2. The summed E-state index contributed by atoms with van der Waals surface area (Å²) >= 11 is 0. The molecule has 2 aromatic carbocycles. The lowest BCUT2D eigenvalue weighted by molar-refractivity contribution is -0.137. The Balaban J connectivity index is 1.51. The number of alkyl halides is 3. The van der Waals surface area contributed by atoms with Gasteiger partial charge in [0.05, 0.1) is 17.6 Å². The number of hydrogen-bond donors (Lipinski definition) is 2. The number of sulfonamides is 1. The van der Waals surface area contributed by atoms with Crippen LogP contribution in [-0.2, 0) is 32.2 Å². The van der Waals surface area contributed by atoms with Gasteiger partial charge in [0.1, 0.15) is 17.8 Å². The van der Waals surface area contributed by atoms with Crippen LogP contribution < -0.4 is 15.4 Å². The number of methoxy groups -OCH3 is 1. The van der Waals surface area contributed by atoms with E-state index in [0.717, 1.165) is 54.0 Å². The summed E-state index contributed by atoms with van der Waals surface area (Å²) in [6.07, 6.45) is 0.0396. The van der Waals surface area contributed by atoms with Crippen LogP contribution in [0.5, 0.6) is 5.75 Å². The molecule has 2 N–H and O–H groups in total. The van der Waals surface area contributed by atoms with Gasteiger partial charge in [0.15, 0.2) is 0 Å². The van der Waals surface area contributed by atoms with Crippen LogP contribution in [0.3, 0.4) is 0 Å². The first-order chi connectivity index (χ1) is 20.5. The van der Waals surface area contributed by atoms with E-state index in [4.69, 9.17) is 4.74 Å². The molecule has 0 aromatic heterocycles. The summed E-state index contributed by atoms with van der Waals surface area (Å²) in [6, 6.07) is 8.39. The first-order valence-corrected chi connectivity index (χ1v) is 16.1. The summed E-state index contributed by atoms with van der Waals surface area (Å²) in [7, 11) is -2.90. The second-order valence-corrected chi connectivity index (χ2v) is 12.9. The van der Waals surface area contributed by atoms with E-state index in [9.17, 15) is 31.2 Å². The summed E-state index contributed by atoms with van der Waals surface area (Å²) in [4.78, 5) is 28.7. The van der Waals surface area contributed by atoms with Crippen LogP contribution in [0.1, 0.15) is 49.7 Å². The zero-order chi connectivity index (χ0) is 31.0. The minimum absolute atomic E-state index is 0.0259. The number of rotatable bonds is 11. The van der Waals surface area contributed by atoms with Gasteiger partial charge >= 0.3 is 6.18 Å². The van der Waals surface area contributed by atoms with Crippen LogP contribution >= 0.6 is 0 Å². The highest BCUT2D eigenvalue weighted by Gasteiger charge is 2.40. The zero-order valence-electron chi connectivity index (χ0n) is 24.2. The molecular weight excluding hydrogens is 585 g/mol. The lowest BCUT2D eigenvalue weighted by atomic mass is 10.0. The number of benzene rings is 2. The maximum Gasteiger partial charge on any atom is 0.416 e. The van der Waals surface area contributed by atoms with Crippen molar-refractivity contribution in [3.63, 3.8) is 0 Å². The molecule has 43 heavy (non-hydrogen) atoms. The number of piperidine rings is 2. The van der Waals surface area contributed by atoms with Crippen molar-refractivity contribution in [2.45, 2.75) is 68.1 Å². The second-order valence-electron chi connectivity index (χ2n) is 11.0. The Hall–Kier alpha value is -3.16. The van der Waals surface area contributed by atoms with Crippen LogP contribution in [0.25, 0.3) is 0 Å². The van der Waals surface area contributed by atoms with Gasteiger partial charge in [0, 0.05) is 26.1 Å². The first kappa shape index (κ1) is 32.7. The zero-order valence-corrected chi connectivity index (χ0v) is 25.1. The lowest BCUT2D eigenvalue weighted by Crippen LogP contribution is -2.57. The summed E-state index contributed by atoms with van der Waals surface area (Å²) in [5, 5.41) is 5.67. The summed E-state index contributed by atoms with van der Waals surface area (Å²) in [6.45, 7) is 3.00. The van der Waals surface area contributed by atoms with Crippen molar-refractivity contribution >= 4 is 21.8 Å². The number of ether oxygens (including phenoxy) is 1. The molecule has 13 heteroatoms. The molecule has 2 aromatic rings. The SMILES string of the molecule is COc1ccc(C[C@H](NC(=O)[C@@H]2CCCCN2S(=O)(=O)c2cccc(C(F)(F)F)c2)C(=O)NCCN2CCCCC2)cc1. The minimum atomic E-state index is -4.72. The fourth-order valence-electron chi connectivity index (χ4n) is 5.54. The van der Waals surface area contributed by atoms with Crippen molar-refractivity contribution in [1.29, 1.82) is 0 Å². The average molecular weight is 625 g/mol. The van der Waals surface area contributed by atoms with Crippen molar-refractivity contribution in [3.05, 3.63) is 59.7 Å². The van der Waals surface area contributed by atoms with Crippen molar-refractivity contribution in [3.8, 4) is 5.75 Å². The highest BCUT2D eigenvalue weighted by Crippen LogP contribution is 2.32. The molecule has 0 saturated carbocycles. The molecule has 4 rings (SSSR count). The van der Waals surface area contributed by atoms with Crippen molar-refractivity contribution in [2.24, 2.45) is 0 Å². The van der Waals surface area contributed by atoms with Crippen LogP contribution in [0.15, 0.2) is 53.4 Å². The van der Waals surface area contributed by atoms with Gasteiger partial charge in [-0.05, 0) is 74.7 Å². The van der Waals surface area contributed by atoms with Crippen LogP contribution in [0.2, 0.25) is 0 Å². The number of halogens is 3. The number of hydrogen-bond acceptors (Lipinski definition) is 6. The number of nitrogens with one attached hydrogen (secondary N) is 2. The number of carbonyl (C=O) groups is 2. The first-order valence-electron chi connectivity index (χ1n) is 14.6. The van der Waals surface area contributed by atoms with Crippen LogP contribution in [0, 0.1) is 0 Å². The summed E-state index contributed by atoms with van der Waals surface area (Å²) in [5.41, 5.74) is -0.332. The molecule has 2 heterocycles. The molecule has 0 radical (unpaired) electrons. The monoisotopic (exact) mass is 624 g/mol. The predicted molar refractivity (Wildman–Crippen MR) is 155 cm³/mol. The van der Waals surface area contributed by atoms with Gasteiger partial charge in [-0.3, -0.25) is 9.59 Å². The summed E-state index contributed by atoms with van der Waals surface area (Å²) < 4.78 is 73.2. The van der Waals surface area contributed by atoms with Gasteiger partial charge < -0.3 is 20.3 Å². The molecule has 0 unspecified atom stereocenters. The third-order valence-corrected chi connectivity index (χ3v) is 9.84. The number of nitrogens with zero attached hydrogens (tertiary/aromatic N) is 2. The maximum absolute atomic E-state index is 13.6. The molecule has 0 spiro atoms. The Morgan fingerprint density at radius 2 is 1.70 bits per heavy atom. The summed E-state index contributed by atoms with van der Waals surface area (Å²) in [5.74, 6) is -0.433. The van der Waals surface area contributed by atoms with Gasteiger partial charge in [-0.1, -0.05) is 31.0 Å². The smallest absolute Gasteiger partial charge is 0.416 e. The van der Waals surface area contributed by atoms with Crippen LogP contribution in [0.4, 0.5) is 13.2 Å². The molecule has 9 nitrogen and oxygen atoms in total. The fraction of sp³-hybridized carbons (Fsp3) is 0.533. The largest absolute Gasteiger partial charge is 0.497 e. The van der Waals surface area contributed by atoms with Crippen molar-refractivity contribution in [2.75, 3.05) is 39.8 Å². The fourth-order valence-corrected chi connectivity index (χ4v) is 7.24. The molecule has 2 aliphatic heterocycles. The van der Waals surface area contributed by atoms with E-state index < -0.39 is 50.6 Å². The highest BCUT2D eigenvalue weighted by molar-refractivity contribution is 7.89. The highest BCUT2D eigenvalue weighted by atomic mass is 32.2. The minimum Gasteiger partial charge on any atom is -0.497 e. The Morgan fingerprint density at radius 3 is 2.37 bits per heavy atom. The van der Waals surface area contributed by atoms with E-state index in [1.165, 1.54) is 13.5 Å². The van der Waals surface area contributed by atoms with Gasteiger partial charge in [-0.15, -0.1) is 0 Å². The molecule has 2 amide bonds. The van der Waals surface area contributed by atoms with Crippen molar-refractivity contribution < 1.29 is 35.9 Å². The van der Waals surface area contributed by atoms with Crippen molar-refractivity contribution in [1.82, 2.24) is 19.8 Å². The Morgan fingerprint density at radius 1 is 1.00 bits per heavy atom. The van der Waals surface area contributed by atoms with Gasteiger partial charge in [0.2, 0.25) is 21.8 Å². The number of amides is 2. The lowest BCUT2D eigenvalue weighted by Gasteiger charge is -2.34. The average Bonchev–Trinajstić information content (AvgIpc) is 3.01.